The highest BCUT2D eigenvalue weighted by Gasteiger charge is 2.57. The van der Waals surface area contributed by atoms with Gasteiger partial charge in [0, 0.05) is 11.6 Å². The van der Waals surface area contributed by atoms with E-state index in [1.165, 1.54) is 6.42 Å². The molecule has 2 saturated carbocycles. The van der Waals surface area contributed by atoms with E-state index >= 15 is 0 Å². The van der Waals surface area contributed by atoms with Gasteiger partial charge in [-0.05, 0) is 31.6 Å². The summed E-state index contributed by atoms with van der Waals surface area (Å²) in [6, 6.07) is 0.265. The fourth-order valence-corrected chi connectivity index (χ4v) is 2.12. The molecule has 2 aliphatic rings. The largest absolute Gasteiger partial charge is 0.326 e. The Balaban J connectivity index is 2.20. The molecule has 2 heteroatoms. The molecule has 0 aromatic heterocycles. The Kier molecular flexibility index (Phi) is 0.837. The standard InChI is InChI=1S/C7H14N2/c1-7(9)5-2-4(5)3-6(7)8/h4-6H,2-3,8-9H2,1H3/t4-,5-,6+,7-/m0/s1. The minimum absolute atomic E-state index is 0.0370. The lowest BCUT2D eigenvalue weighted by molar-refractivity contribution is 0.372. The Hall–Kier alpha value is -0.0800. The van der Waals surface area contributed by atoms with E-state index < -0.39 is 0 Å². The van der Waals surface area contributed by atoms with E-state index in [0.29, 0.717) is 0 Å². The molecule has 0 saturated heterocycles. The Labute approximate surface area is 55.6 Å². The third-order valence-electron chi connectivity index (χ3n) is 3.08. The van der Waals surface area contributed by atoms with E-state index in [1.807, 2.05) is 0 Å². The van der Waals surface area contributed by atoms with Gasteiger partial charge in [0.25, 0.3) is 0 Å². The SMILES string of the molecule is C[C@@]1(N)[C@H](N)C[C@@H]2C[C@@H]21. The summed E-state index contributed by atoms with van der Waals surface area (Å²) in [5.41, 5.74) is 11.8. The van der Waals surface area contributed by atoms with E-state index in [1.54, 1.807) is 0 Å². The van der Waals surface area contributed by atoms with Gasteiger partial charge in [0.2, 0.25) is 0 Å². The quantitative estimate of drug-likeness (QED) is 0.482. The van der Waals surface area contributed by atoms with Crippen molar-refractivity contribution >= 4 is 0 Å². The number of nitrogens with two attached hydrogens (primary N) is 2. The van der Waals surface area contributed by atoms with Crippen LogP contribution in [0.2, 0.25) is 0 Å². The van der Waals surface area contributed by atoms with Crippen LogP contribution < -0.4 is 11.5 Å². The number of rotatable bonds is 0. The highest BCUT2D eigenvalue weighted by molar-refractivity contribution is 5.14. The summed E-state index contributed by atoms with van der Waals surface area (Å²) >= 11 is 0. The van der Waals surface area contributed by atoms with Crippen LogP contribution in [-0.2, 0) is 0 Å². The fourth-order valence-electron chi connectivity index (χ4n) is 2.12. The maximum Gasteiger partial charge on any atom is 0.0310 e. The minimum atomic E-state index is -0.0370. The second-order valence-electron chi connectivity index (χ2n) is 3.81. The molecule has 0 radical (unpaired) electrons. The molecule has 52 valence electrons. The lowest BCUT2D eigenvalue weighted by Crippen LogP contribution is -2.51. The molecular formula is C7H14N2. The van der Waals surface area contributed by atoms with Crippen LogP contribution >= 0.6 is 0 Å². The van der Waals surface area contributed by atoms with Crippen molar-refractivity contribution in [2.75, 3.05) is 0 Å². The van der Waals surface area contributed by atoms with Crippen molar-refractivity contribution in [1.82, 2.24) is 0 Å². The molecule has 4 N–H and O–H groups in total. The molecule has 2 aliphatic carbocycles. The first-order chi connectivity index (χ1) is 4.12. The van der Waals surface area contributed by atoms with Gasteiger partial charge in [-0.3, -0.25) is 0 Å². The van der Waals surface area contributed by atoms with Crippen LogP contribution in [0.5, 0.6) is 0 Å². The Morgan fingerprint density at radius 1 is 1.44 bits per heavy atom. The maximum absolute atomic E-state index is 5.98. The lowest BCUT2D eigenvalue weighted by Gasteiger charge is -2.26. The average molecular weight is 126 g/mol. The molecular weight excluding hydrogens is 112 g/mol. The molecule has 0 amide bonds. The Morgan fingerprint density at radius 2 is 2.11 bits per heavy atom. The van der Waals surface area contributed by atoms with Gasteiger partial charge in [0.15, 0.2) is 0 Å². The fraction of sp³-hybridized carbons (Fsp3) is 1.00. The van der Waals surface area contributed by atoms with Crippen LogP contribution in [0.1, 0.15) is 19.8 Å². The molecule has 0 heterocycles. The van der Waals surface area contributed by atoms with Gasteiger partial charge in [-0.2, -0.15) is 0 Å². The first kappa shape index (κ1) is 5.69. The molecule has 2 rings (SSSR count). The molecule has 0 bridgehead atoms. The van der Waals surface area contributed by atoms with E-state index in [9.17, 15) is 0 Å². The summed E-state index contributed by atoms with van der Waals surface area (Å²) in [5, 5.41) is 0. The van der Waals surface area contributed by atoms with Crippen LogP contribution in [0.25, 0.3) is 0 Å². The normalized spacial score (nSPS) is 63.7. The number of fused-ring (bicyclic) bond motifs is 1. The average Bonchev–Trinajstić information content (AvgIpc) is 2.41. The second-order valence-corrected chi connectivity index (χ2v) is 3.81. The van der Waals surface area contributed by atoms with Gasteiger partial charge in [-0.1, -0.05) is 0 Å². The third kappa shape index (κ3) is 0.578. The molecule has 0 unspecified atom stereocenters. The summed E-state index contributed by atoms with van der Waals surface area (Å²) < 4.78 is 0. The number of hydrogen-bond acceptors (Lipinski definition) is 2. The molecule has 2 fully saturated rings. The van der Waals surface area contributed by atoms with Crippen LogP contribution in [-0.4, -0.2) is 11.6 Å². The van der Waals surface area contributed by atoms with Gasteiger partial charge >= 0.3 is 0 Å². The van der Waals surface area contributed by atoms with Gasteiger partial charge in [0.1, 0.15) is 0 Å². The monoisotopic (exact) mass is 126 g/mol. The van der Waals surface area contributed by atoms with E-state index in [4.69, 9.17) is 11.5 Å². The van der Waals surface area contributed by atoms with Gasteiger partial charge in [0.05, 0.1) is 0 Å². The number of hydrogen-bond donors (Lipinski definition) is 2. The lowest BCUT2D eigenvalue weighted by atomic mass is 9.93. The van der Waals surface area contributed by atoms with E-state index in [-0.39, 0.29) is 11.6 Å². The molecule has 0 aromatic carbocycles. The molecule has 9 heavy (non-hydrogen) atoms. The van der Waals surface area contributed by atoms with Crippen LogP contribution in [0.3, 0.4) is 0 Å². The van der Waals surface area contributed by atoms with Crippen molar-refractivity contribution in [2.24, 2.45) is 23.3 Å². The zero-order valence-electron chi connectivity index (χ0n) is 5.80. The van der Waals surface area contributed by atoms with Gasteiger partial charge in [-0.15, -0.1) is 0 Å². The Bertz CT molecular complexity index is 138. The van der Waals surface area contributed by atoms with Crippen LogP contribution in [0, 0.1) is 11.8 Å². The molecule has 0 aliphatic heterocycles. The molecule has 2 nitrogen and oxygen atoms in total. The summed E-state index contributed by atoms with van der Waals surface area (Å²) in [6.07, 6.45) is 2.50. The molecule has 4 atom stereocenters. The predicted octanol–water partition coefficient (Wildman–Crippen LogP) is 0.0709. The minimum Gasteiger partial charge on any atom is -0.326 e. The smallest absolute Gasteiger partial charge is 0.0310 e. The molecule has 0 aromatic rings. The zero-order chi connectivity index (χ0) is 6.65. The topological polar surface area (TPSA) is 52.0 Å². The maximum atomic E-state index is 5.98. The van der Waals surface area contributed by atoms with Crippen molar-refractivity contribution in [1.29, 1.82) is 0 Å². The highest BCUT2D eigenvalue weighted by atomic mass is 14.9. The van der Waals surface area contributed by atoms with Crippen molar-refractivity contribution in [2.45, 2.75) is 31.3 Å². The van der Waals surface area contributed by atoms with E-state index in [0.717, 1.165) is 18.3 Å². The van der Waals surface area contributed by atoms with Gasteiger partial charge < -0.3 is 11.5 Å². The first-order valence-electron chi connectivity index (χ1n) is 3.67. The Morgan fingerprint density at radius 3 is 2.33 bits per heavy atom. The van der Waals surface area contributed by atoms with Crippen LogP contribution in [0.4, 0.5) is 0 Å². The van der Waals surface area contributed by atoms with Crippen molar-refractivity contribution in [3.63, 3.8) is 0 Å². The van der Waals surface area contributed by atoms with Crippen molar-refractivity contribution in [3.8, 4) is 0 Å². The van der Waals surface area contributed by atoms with E-state index in [2.05, 4.69) is 6.92 Å². The zero-order valence-corrected chi connectivity index (χ0v) is 5.80. The summed E-state index contributed by atoms with van der Waals surface area (Å²) in [6.45, 7) is 2.09. The summed E-state index contributed by atoms with van der Waals surface area (Å²) in [7, 11) is 0. The second kappa shape index (κ2) is 1.32. The van der Waals surface area contributed by atoms with Crippen molar-refractivity contribution < 1.29 is 0 Å². The first-order valence-corrected chi connectivity index (χ1v) is 3.67. The third-order valence-corrected chi connectivity index (χ3v) is 3.08. The van der Waals surface area contributed by atoms with Crippen LogP contribution in [0.15, 0.2) is 0 Å². The highest BCUT2D eigenvalue weighted by Crippen LogP contribution is 2.55. The molecule has 0 spiro atoms. The predicted molar refractivity (Wildman–Crippen MR) is 36.8 cm³/mol. The summed E-state index contributed by atoms with van der Waals surface area (Å²) in [4.78, 5) is 0. The summed E-state index contributed by atoms with van der Waals surface area (Å²) in [5.74, 6) is 1.64. The van der Waals surface area contributed by atoms with Gasteiger partial charge in [-0.25, -0.2) is 0 Å². The van der Waals surface area contributed by atoms with Crippen molar-refractivity contribution in [3.05, 3.63) is 0 Å².